The van der Waals surface area contributed by atoms with Crippen molar-refractivity contribution in [1.29, 1.82) is 0 Å². The zero-order chi connectivity index (χ0) is 15.0. The highest BCUT2D eigenvalue weighted by molar-refractivity contribution is 5.47. The molecule has 3 heteroatoms. The molecule has 1 aromatic carbocycles. The van der Waals surface area contributed by atoms with Crippen LogP contribution < -0.4 is 15.8 Å². The van der Waals surface area contributed by atoms with Gasteiger partial charge in [0, 0.05) is 24.6 Å². The van der Waals surface area contributed by atoms with Gasteiger partial charge in [0.25, 0.3) is 0 Å². The molecule has 2 aliphatic rings. The predicted octanol–water partition coefficient (Wildman–Crippen LogP) is 3.04. The van der Waals surface area contributed by atoms with E-state index in [0.717, 1.165) is 30.6 Å². The molecular formula is C18H28N2O. The fourth-order valence-corrected chi connectivity index (χ4v) is 3.39. The maximum atomic E-state index is 6.18. The third-order valence-electron chi connectivity index (χ3n) is 4.85. The molecule has 1 saturated carbocycles. The lowest BCUT2D eigenvalue weighted by molar-refractivity contribution is 0.136. The Labute approximate surface area is 128 Å². The molecule has 1 fully saturated rings. The third-order valence-corrected chi connectivity index (χ3v) is 4.85. The van der Waals surface area contributed by atoms with Crippen LogP contribution in [0.15, 0.2) is 18.2 Å². The lowest BCUT2D eigenvalue weighted by Gasteiger charge is -2.23. The summed E-state index contributed by atoms with van der Waals surface area (Å²) in [7, 11) is 0. The minimum absolute atomic E-state index is 0.0983. The number of para-hydroxylation sites is 1. The number of nitrogens with two attached hydrogens (primary N) is 1. The molecule has 3 rings (SSSR count). The van der Waals surface area contributed by atoms with Gasteiger partial charge in [-0.15, -0.1) is 0 Å². The minimum Gasteiger partial charge on any atom is -0.487 e. The first-order valence-electron chi connectivity index (χ1n) is 8.24. The first-order chi connectivity index (χ1) is 10.00. The highest BCUT2D eigenvalue weighted by Gasteiger charge is 2.33. The SMILES string of the molecule is CC(CNC(CN)c1cccc2c1OC(C)(C)C2)C1CC1. The summed E-state index contributed by atoms with van der Waals surface area (Å²) in [6.07, 6.45) is 3.77. The number of nitrogens with one attached hydrogen (secondary N) is 1. The summed E-state index contributed by atoms with van der Waals surface area (Å²) in [5, 5.41) is 3.66. The summed E-state index contributed by atoms with van der Waals surface area (Å²) in [6.45, 7) is 8.29. The van der Waals surface area contributed by atoms with Crippen molar-refractivity contribution in [2.75, 3.05) is 13.1 Å². The van der Waals surface area contributed by atoms with Crippen molar-refractivity contribution < 1.29 is 4.74 Å². The van der Waals surface area contributed by atoms with Crippen LogP contribution in [-0.2, 0) is 6.42 Å². The van der Waals surface area contributed by atoms with Gasteiger partial charge in [0.1, 0.15) is 11.4 Å². The standard InChI is InChI=1S/C18H28N2O/c1-12(13-7-8-13)11-20-16(10-19)15-6-4-5-14-9-18(2,3)21-17(14)15/h4-6,12-13,16,20H,7-11,19H2,1-3H3. The monoisotopic (exact) mass is 288 g/mol. The van der Waals surface area contributed by atoms with E-state index in [0.29, 0.717) is 6.54 Å². The summed E-state index contributed by atoms with van der Waals surface area (Å²) >= 11 is 0. The van der Waals surface area contributed by atoms with Crippen LogP contribution in [0.4, 0.5) is 0 Å². The van der Waals surface area contributed by atoms with E-state index in [1.54, 1.807) is 0 Å². The van der Waals surface area contributed by atoms with Gasteiger partial charge in [-0.25, -0.2) is 0 Å². The molecule has 116 valence electrons. The van der Waals surface area contributed by atoms with Crippen molar-refractivity contribution in [2.24, 2.45) is 17.6 Å². The van der Waals surface area contributed by atoms with Crippen molar-refractivity contribution in [3.05, 3.63) is 29.3 Å². The molecule has 2 unspecified atom stereocenters. The molecule has 1 aliphatic heterocycles. The quantitative estimate of drug-likeness (QED) is 0.846. The van der Waals surface area contributed by atoms with Gasteiger partial charge in [-0.1, -0.05) is 25.1 Å². The Morgan fingerprint density at radius 1 is 1.38 bits per heavy atom. The van der Waals surface area contributed by atoms with Gasteiger partial charge in [-0.3, -0.25) is 0 Å². The Hall–Kier alpha value is -1.06. The van der Waals surface area contributed by atoms with Crippen LogP contribution in [0.2, 0.25) is 0 Å². The molecule has 3 nitrogen and oxygen atoms in total. The average Bonchev–Trinajstić information content (AvgIpc) is 3.22. The summed E-state index contributed by atoms with van der Waals surface area (Å²) in [5.41, 5.74) is 8.47. The van der Waals surface area contributed by atoms with Gasteiger partial charge in [-0.2, -0.15) is 0 Å². The van der Waals surface area contributed by atoms with Gasteiger partial charge in [0.05, 0.1) is 0 Å². The number of ether oxygens (including phenoxy) is 1. The summed E-state index contributed by atoms with van der Waals surface area (Å²) < 4.78 is 6.18. The number of rotatable bonds is 6. The normalized spacial score (nSPS) is 22.5. The molecular weight excluding hydrogens is 260 g/mol. The van der Waals surface area contributed by atoms with Crippen LogP contribution in [0.25, 0.3) is 0 Å². The molecule has 0 saturated heterocycles. The van der Waals surface area contributed by atoms with E-state index >= 15 is 0 Å². The lowest BCUT2D eigenvalue weighted by atomic mass is 9.97. The van der Waals surface area contributed by atoms with Crippen molar-refractivity contribution in [3.8, 4) is 5.75 Å². The topological polar surface area (TPSA) is 47.3 Å². The highest BCUT2D eigenvalue weighted by atomic mass is 16.5. The van der Waals surface area contributed by atoms with Crippen molar-refractivity contribution in [1.82, 2.24) is 5.32 Å². The summed E-state index contributed by atoms with van der Waals surface area (Å²) in [5.74, 6) is 2.73. The lowest BCUT2D eigenvalue weighted by Crippen LogP contribution is -2.32. The molecule has 2 atom stereocenters. The number of fused-ring (bicyclic) bond motifs is 1. The smallest absolute Gasteiger partial charge is 0.128 e. The van der Waals surface area contributed by atoms with Gasteiger partial charge < -0.3 is 15.8 Å². The fraction of sp³-hybridized carbons (Fsp3) is 0.667. The van der Waals surface area contributed by atoms with Crippen LogP contribution in [-0.4, -0.2) is 18.7 Å². The molecule has 0 amide bonds. The minimum atomic E-state index is -0.0983. The van der Waals surface area contributed by atoms with Crippen LogP contribution in [0.3, 0.4) is 0 Å². The van der Waals surface area contributed by atoms with Crippen molar-refractivity contribution >= 4 is 0 Å². The predicted molar refractivity (Wildman–Crippen MR) is 86.5 cm³/mol. The van der Waals surface area contributed by atoms with Gasteiger partial charge >= 0.3 is 0 Å². The van der Waals surface area contributed by atoms with Gasteiger partial charge in [0.15, 0.2) is 0 Å². The number of hydrogen-bond acceptors (Lipinski definition) is 3. The highest BCUT2D eigenvalue weighted by Crippen LogP contribution is 2.40. The third kappa shape index (κ3) is 3.24. The molecule has 3 N–H and O–H groups in total. The summed E-state index contributed by atoms with van der Waals surface area (Å²) in [6, 6.07) is 6.66. The maximum absolute atomic E-state index is 6.18. The van der Waals surface area contributed by atoms with Gasteiger partial charge in [0.2, 0.25) is 0 Å². The Morgan fingerprint density at radius 3 is 2.81 bits per heavy atom. The van der Waals surface area contributed by atoms with Crippen LogP contribution in [0.1, 0.15) is 50.8 Å². The molecule has 1 aromatic rings. The molecule has 1 aliphatic carbocycles. The van der Waals surface area contributed by atoms with E-state index in [1.807, 2.05) is 0 Å². The van der Waals surface area contributed by atoms with E-state index in [4.69, 9.17) is 10.5 Å². The fourth-order valence-electron chi connectivity index (χ4n) is 3.39. The van der Waals surface area contributed by atoms with Crippen molar-refractivity contribution in [3.63, 3.8) is 0 Å². The van der Waals surface area contributed by atoms with Crippen LogP contribution in [0.5, 0.6) is 5.75 Å². The zero-order valence-corrected chi connectivity index (χ0v) is 13.5. The zero-order valence-electron chi connectivity index (χ0n) is 13.5. The van der Waals surface area contributed by atoms with Crippen LogP contribution >= 0.6 is 0 Å². The summed E-state index contributed by atoms with van der Waals surface area (Å²) in [4.78, 5) is 0. The first kappa shape index (κ1) is 14.9. The number of benzene rings is 1. The molecule has 0 spiro atoms. The average molecular weight is 288 g/mol. The van der Waals surface area contributed by atoms with Crippen molar-refractivity contribution in [2.45, 2.75) is 51.7 Å². The first-order valence-corrected chi connectivity index (χ1v) is 8.24. The Kier molecular flexibility index (Phi) is 3.98. The van der Waals surface area contributed by atoms with E-state index < -0.39 is 0 Å². The van der Waals surface area contributed by atoms with E-state index in [9.17, 15) is 0 Å². The molecule has 1 heterocycles. The Morgan fingerprint density at radius 2 is 2.14 bits per heavy atom. The second kappa shape index (κ2) is 5.62. The Balaban J connectivity index is 1.74. The van der Waals surface area contributed by atoms with E-state index in [-0.39, 0.29) is 11.6 Å². The molecule has 0 aromatic heterocycles. The van der Waals surface area contributed by atoms with E-state index in [2.05, 4.69) is 44.3 Å². The largest absolute Gasteiger partial charge is 0.487 e. The number of hydrogen-bond donors (Lipinski definition) is 2. The molecule has 0 bridgehead atoms. The second-order valence-corrected chi connectivity index (χ2v) is 7.39. The van der Waals surface area contributed by atoms with E-state index in [1.165, 1.54) is 24.0 Å². The molecule has 21 heavy (non-hydrogen) atoms. The van der Waals surface area contributed by atoms with Gasteiger partial charge in [-0.05, 0) is 50.6 Å². The maximum Gasteiger partial charge on any atom is 0.128 e. The van der Waals surface area contributed by atoms with Crippen LogP contribution in [0, 0.1) is 11.8 Å². The molecule has 0 radical (unpaired) electrons. The second-order valence-electron chi connectivity index (χ2n) is 7.39. The Bertz CT molecular complexity index is 508.